The third kappa shape index (κ3) is 2.20. The molecule has 0 aliphatic heterocycles. The summed E-state index contributed by atoms with van der Waals surface area (Å²) < 4.78 is 30.0. The quantitative estimate of drug-likeness (QED) is 0.783. The normalized spacial score (nSPS) is 10.7. The average Bonchev–Trinajstić information content (AvgIpc) is 2.15. The van der Waals surface area contributed by atoms with Gasteiger partial charge in [0.25, 0.3) is 6.43 Å². The van der Waals surface area contributed by atoms with Gasteiger partial charge in [-0.15, -0.1) is 0 Å². The van der Waals surface area contributed by atoms with Gasteiger partial charge in [0.05, 0.1) is 18.4 Å². The van der Waals surface area contributed by atoms with Crippen LogP contribution in [-0.2, 0) is 5.33 Å². The number of halogens is 3. The first-order valence-corrected chi connectivity index (χ1v) is 5.10. The number of hydrogen-bond donors (Lipinski definition) is 0. The van der Waals surface area contributed by atoms with Crippen LogP contribution in [0.25, 0.3) is 0 Å². The molecule has 0 amide bonds. The minimum atomic E-state index is -2.55. The molecule has 0 saturated heterocycles. The predicted molar refractivity (Wildman–Crippen MR) is 53.1 cm³/mol. The Morgan fingerprint density at radius 2 is 2.21 bits per heavy atom. The maximum absolute atomic E-state index is 12.6. The lowest BCUT2D eigenvalue weighted by molar-refractivity contribution is 0.145. The first kappa shape index (κ1) is 11.4. The lowest BCUT2D eigenvalue weighted by Crippen LogP contribution is -2.01. The van der Waals surface area contributed by atoms with Crippen molar-refractivity contribution in [2.24, 2.45) is 0 Å². The molecule has 78 valence electrons. The molecule has 5 heteroatoms. The number of ether oxygens (including phenoxy) is 1. The van der Waals surface area contributed by atoms with Crippen LogP contribution in [0, 0.1) is 6.92 Å². The standard InChI is InChI=1S/C9H10BrF2NO/c1-5-3-6(4-10)13-9(14-2)7(5)8(11)12/h3,8H,4H2,1-2H3. The minimum absolute atomic E-state index is 0.00875. The molecule has 0 aliphatic carbocycles. The van der Waals surface area contributed by atoms with Crippen LogP contribution in [-0.4, -0.2) is 12.1 Å². The van der Waals surface area contributed by atoms with Gasteiger partial charge < -0.3 is 4.74 Å². The van der Waals surface area contributed by atoms with Gasteiger partial charge in [-0.3, -0.25) is 0 Å². The van der Waals surface area contributed by atoms with Gasteiger partial charge in [-0.1, -0.05) is 15.9 Å². The number of rotatable bonds is 3. The van der Waals surface area contributed by atoms with Crippen molar-refractivity contribution in [2.45, 2.75) is 18.7 Å². The zero-order valence-electron chi connectivity index (χ0n) is 7.85. The van der Waals surface area contributed by atoms with E-state index in [0.29, 0.717) is 16.6 Å². The Labute approximate surface area is 89.4 Å². The summed E-state index contributed by atoms with van der Waals surface area (Å²) in [6.07, 6.45) is -2.55. The van der Waals surface area contributed by atoms with E-state index in [4.69, 9.17) is 4.74 Å². The molecule has 0 spiro atoms. The van der Waals surface area contributed by atoms with Gasteiger partial charge in [-0.2, -0.15) is 0 Å². The van der Waals surface area contributed by atoms with Gasteiger partial charge in [0.15, 0.2) is 0 Å². The number of hydrogen-bond acceptors (Lipinski definition) is 2. The van der Waals surface area contributed by atoms with Crippen molar-refractivity contribution in [3.8, 4) is 5.88 Å². The predicted octanol–water partition coefficient (Wildman–Crippen LogP) is 3.23. The van der Waals surface area contributed by atoms with E-state index < -0.39 is 6.43 Å². The Bertz CT molecular complexity index is 331. The van der Waals surface area contributed by atoms with Crippen molar-refractivity contribution in [3.05, 3.63) is 22.9 Å². The van der Waals surface area contributed by atoms with E-state index in [2.05, 4.69) is 20.9 Å². The summed E-state index contributed by atoms with van der Waals surface area (Å²) in [6, 6.07) is 1.62. The third-order valence-corrected chi connectivity index (χ3v) is 2.41. The zero-order valence-corrected chi connectivity index (χ0v) is 9.44. The van der Waals surface area contributed by atoms with Crippen LogP contribution in [0.1, 0.15) is 23.2 Å². The molecule has 1 rings (SSSR count). The summed E-state index contributed by atoms with van der Waals surface area (Å²) in [5, 5.41) is 0.522. The van der Waals surface area contributed by atoms with Gasteiger partial charge in [-0.05, 0) is 18.6 Å². The molecule has 0 saturated carbocycles. The van der Waals surface area contributed by atoms with E-state index in [1.54, 1.807) is 13.0 Å². The van der Waals surface area contributed by atoms with Crippen molar-refractivity contribution in [1.29, 1.82) is 0 Å². The summed E-state index contributed by atoms with van der Waals surface area (Å²) in [4.78, 5) is 3.94. The Hall–Kier alpha value is -0.710. The second-order valence-corrected chi connectivity index (χ2v) is 3.35. The van der Waals surface area contributed by atoms with Gasteiger partial charge in [0.2, 0.25) is 5.88 Å². The highest BCUT2D eigenvalue weighted by atomic mass is 79.9. The number of methoxy groups -OCH3 is 1. The average molecular weight is 266 g/mol. The van der Waals surface area contributed by atoms with E-state index >= 15 is 0 Å². The van der Waals surface area contributed by atoms with E-state index in [-0.39, 0.29) is 11.4 Å². The fourth-order valence-corrected chi connectivity index (χ4v) is 1.50. The maximum Gasteiger partial charge on any atom is 0.269 e. The lowest BCUT2D eigenvalue weighted by atomic mass is 10.1. The van der Waals surface area contributed by atoms with Gasteiger partial charge >= 0.3 is 0 Å². The molecule has 1 heterocycles. The largest absolute Gasteiger partial charge is 0.481 e. The van der Waals surface area contributed by atoms with E-state index in [1.807, 2.05) is 0 Å². The van der Waals surface area contributed by atoms with E-state index in [0.717, 1.165) is 0 Å². The highest BCUT2D eigenvalue weighted by molar-refractivity contribution is 9.08. The van der Waals surface area contributed by atoms with Crippen molar-refractivity contribution < 1.29 is 13.5 Å². The van der Waals surface area contributed by atoms with E-state index in [1.165, 1.54) is 7.11 Å². The highest BCUT2D eigenvalue weighted by Crippen LogP contribution is 2.31. The van der Waals surface area contributed by atoms with Crippen LogP contribution in [0.2, 0.25) is 0 Å². The molecule has 1 aromatic rings. The van der Waals surface area contributed by atoms with Gasteiger partial charge in [0.1, 0.15) is 0 Å². The molecule has 14 heavy (non-hydrogen) atoms. The molecule has 0 radical (unpaired) electrons. The summed E-state index contributed by atoms with van der Waals surface area (Å²) >= 11 is 3.21. The molecule has 0 bridgehead atoms. The maximum atomic E-state index is 12.6. The van der Waals surface area contributed by atoms with Crippen molar-refractivity contribution >= 4 is 15.9 Å². The van der Waals surface area contributed by atoms with Crippen LogP contribution in [0.4, 0.5) is 8.78 Å². The fourth-order valence-electron chi connectivity index (χ4n) is 1.21. The number of alkyl halides is 3. The Balaban J connectivity index is 3.27. The van der Waals surface area contributed by atoms with Crippen molar-refractivity contribution in [1.82, 2.24) is 4.98 Å². The monoisotopic (exact) mass is 265 g/mol. The summed E-state index contributed by atoms with van der Waals surface area (Å²) in [6.45, 7) is 1.62. The van der Waals surface area contributed by atoms with Gasteiger partial charge in [-0.25, -0.2) is 13.8 Å². The molecule has 0 atom stereocenters. The second kappa shape index (κ2) is 4.68. The van der Waals surface area contributed by atoms with Gasteiger partial charge in [0, 0.05) is 5.33 Å². The Morgan fingerprint density at radius 1 is 1.57 bits per heavy atom. The fraction of sp³-hybridized carbons (Fsp3) is 0.444. The van der Waals surface area contributed by atoms with E-state index in [9.17, 15) is 8.78 Å². The van der Waals surface area contributed by atoms with Crippen LogP contribution in [0.5, 0.6) is 5.88 Å². The molecule has 0 N–H and O–H groups in total. The lowest BCUT2D eigenvalue weighted by Gasteiger charge is -2.11. The third-order valence-electron chi connectivity index (χ3n) is 1.83. The zero-order chi connectivity index (χ0) is 10.7. The smallest absolute Gasteiger partial charge is 0.269 e. The second-order valence-electron chi connectivity index (χ2n) is 2.79. The van der Waals surface area contributed by atoms with Crippen LogP contribution >= 0.6 is 15.9 Å². The molecule has 0 aromatic carbocycles. The molecular formula is C9H10BrF2NO. The summed E-state index contributed by atoms with van der Waals surface area (Å²) in [5.74, 6) is 0.00875. The number of aryl methyl sites for hydroxylation is 1. The Morgan fingerprint density at radius 3 is 2.64 bits per heavy atom. The molecule has 2 nitrogen and oxygen atoms in total. The summed E-state index contributed by atoms with van der Waals surface area (Å²) in [5.41, 5.74) is 1.06. The highest BCUT2D eigenvalue weighted by Gasteiger charge is 2.18. The van der Waals surface area contributed by atoms with Crippen molar-refractivity contribution in [2.75, 3.05) is 7.11 Å². The van der Waals surface area contributed by atoms with Crippen LogP contribution in [0.3, 0.4) is 0 Å². The SMILES string of the molecule is COc1nc(CBr)cc(C)c1C(F)F. The molecule has 0 unspecified atom stereocenters. The molecule has 0 aliphatic rings. The number of aromatic nitrogens is 1. The topological polar surface area (TPSA) is 22.1 Å². The minimum Gasteiger partial charge on any atom is -0.481 e. The number of pyridine rings is 1. The first-order valence-electron chi connectivity index (χ1n) is 3.98. The van der Waals surface area contributed by atoms with Crippen LogP contribution in [0.15, 0.2) is 6.07 Å². The number of nitrogens with zero attached hydrogens (tertiary/aromatic N) is 1. The first-order chi connectivity index (χ1) is 6.60. The van der Waals surface area contributed by atoms with Crippen molar-refractivity contribution in [3.63, 3.8) is 0 Å². The Kier molecular flexibility index (Phi) is 3.80. The van der Waals surface area contributed by atoms with Crippen LogP contribution < -0.4 is 4.74 Å². The summed E-state index contributed by atoms with van der Waals surface area (Å²) in [7, 11) is 1.34. The molecule has 1 aromatic heterocycles. The molecule has 0 fully saturated rings. The molecular weight excluding hydrogens is 256 g/mol.